The molecule has 0 spiro atoms. The van der Waals surface area contributed by atoms with Crippen molar-refractivity contribution in [3.63, 3.8) is 0 Å². The largest absolute Gasteiger partial charge is 0.416 e. The Hall–Kier alpha value is -2.75. The number of hydrogen-bond acceptors (Lipinski definition) is 1. The minimum Gasteiger partial charge on any atom is -0.345 e. The van der Waals surface area contributed by atoms with E-state index in [1.165, 1.54) is 4.90 Å². The van der Waals surface area contributed by atoms with Gasteiger partial charge in [0.2, 0.25) is 0 Å². The molecule has 0 aliphatic heterocycles. The predicted molar refractivity (Wildman–Crippen MR) is 131 cm³/mol. The lowest BCUT2D eigenvalue weighted by Gasteiger charge is -2.35. The molecule has 1 heterocycles. The molecule has 4 rings (SSSR count). The zero-order valence-electron chi connectivity index (χ0n) is 19.7. The number of hydrogen-bond donors (Lipinski definition) is 0. The summed E-state index contributed by atoms with van der Waals surface area (Å²) >= 11 is 3.40. The Labute approximate surface area is 219 Å². The normalized spacial score (nSPS) is 15.1. The third-order valence-corrected chi connectivity index (χ3v) is 7.16. The van der Waals surface area contributed by atoms with Crippen LogP contribution in [0.2, 0.25) is 0 Å². The monoisotopic (exact) mass is 586 g/mol. The molecule has 37 heavy (non-hydrogen) atoms. The molecular weight excluding hydrogens is 562 g/mol. The standard InChI is InChI=1S/C27H25BrF6N2O/c28-22-10-8-18(9-11-22)16-35-12-4-7-24(35)17-36(23-5-2-1-3-6-23)25(37)19-13-20(26(29,30)31)15-21(14-19)27(32,33)34/h4,7-15,23H,1-3,5-6,16-17H2. The first-order chi connectivity index (χ1) is 17.4. The summed E-state index contributed by atoms with van der Waals surface area (Å²) in [5, 5.41) is 0. The molecule has 0 saturated heterocycles. The first kappa shape index (κ1) is 27.3. The Morgan fingerprint density at radius 1 is 0.892 bits per heavy atom. The molecule has 0 N–H and O–H groups in total. The molecule has 198 valence electrons. The van der Waals surface area contributed by atoms with Crippen molar-refractivity contribution in [1.29, 1.82) is 0 Å². The number of halogens is 7. The second kappa shape index (κ2) is 10.9. The fourth-order valence-electron chi connectivity index (χ4n) is 4.71. The quantitative estimate of drug-likeness (QED) is 0.267. The summed E-state index contributed by atoms with van der Waals surface area (Å²) in [7, 11) is 0. The van der Waals surface area contributed by atoms with Crippen molar-refractivity contribution in [2.45, 2.75) is 63.6 Å². The van der Waals surface area contributed by atoms with E-state index in [1.54, 1.807) is 0 Å². The van der Waals surface area contributed by atoms with E-state index in [4.69, 9.17) is 0 Å². The first-order valence-corrected chi connectivity index (χ1v) is 12.7. The minimum atomic E-state index is -5.02. The Morgan fingerprint density at radius 2 is 1.49 bits per heavy atom. The Balaban J connectivity index is 1.69. The molecule has 1 aliphatic carbocycles. The second-order valence-corrected chi connectivity index (χ2v) is 10.2. The summed E-state index contributed by atoms with van der Waals surface area (Å²) in [6, 6.07) is 12.1. The van der Waals surface area contributed by atoms with Crippen molar-refractivity contribution in [3.05, 3.63) is 93.2 Å². The van der Waals surface area contributed by atoms with Gasteiger partial charge in [0.1, 0.15) is 0 Å². The molecular formula is C27H25BrF6N2O. The highest BCUT2D eigenvalue weighted by molar-refractivity contribution is 9.10. The van der Waals surface area contributed by atoms with Crippen LogP contribution in [0.15, 0.2) is 65.3 Å². The van der Waals surface area contributed by atoms with Gasteiger partial charge in [-0.1, -0.05) is 47.3 Å². The zero-order valence-corrected chi connectivity index (χ0v) is 21.3. The number of rotatable bonds is 6. The van der Waals surface area contributed by atoms with Gasteiger partial charge in [-0.3, -0.25) is 4.79 Å². The van der Waals surface area contributed by atoms with Gasteiger partial charge in [0.25, 0.3) is 5.91 Å². The summed E-state index contributed by atoms with van der Waals surface area (Å²) in [6.45, 7) is 0.578. The van der Waals surface area contributed by atoms with Crippen molar-refractivity contribution in [3.8, 4) is 0 Å². The van der Waals surface area contributed by atoms with E-state index in [-0.39, 0.29) is 18.7 Å². The summed E-state index contributed by atoms with van der Waals surface area (Å²) in [6.07, 6.45) is -4.27. The Bertz CT molecular complexity index is 1190. The lowest BCUT2D eigenvalue weighted by molar-refractivity contribution is -0.143. The zero-order chi connectivity index (χ0) is 26.8. The minimum absolute atomic E-state index is 0.0467. The van der Waals surface area contributed by atoms with E-state index in [0.29, 0.717) is 31.5 Å². The van der Waals surface area contributed by atoms with E-state index in [0.717, 1.165) is 35.0 Å². The maximum atomic E-state index is 13.6. The smallest absolute Gasteiger partial charge is 0.345 e. The predicted octanol–water partition coefficient (Wildman–Crippen LogP) is 8.31. The van der Waals surface area contributed by atoms with Crippen molar-refractivity contribution in [1.82, 2.24) is 9.47 Å². The molecule has 0 bridgehead atoms. The number of benzene rings is 2. The summed E-state index contributed by atoms with van der Waals surface area (Å²) < 4.78 is 83.5. The van der Waals surface area contributed by atoms with Crippen LogP contribution in [0.25, 0.3) is 0 Å². The highest BCUT2D eigenvalue weighted by atomic mass is 79.9. The van der Waals surface area contributed by atoms with Gasteiger partial charge in [-0.05, 0) is 60.9 Å². The summed E-state index contributed by atoms with van der Waals surface area (Å²) in [4.78, 5) is 15.1. The highest BCUT2D eigenvalue weighted by Gasteiger charge is 2.38. The lowest BCUT2D eigenvalue weighted by atomic mass is 9.93. The van der Waals surface area contributed by atoms with Crippen LogP contribution in [0.3, 0.4) is 0 Å². The van der Waals surface area contributed by atoms with Crippen LogP contribution in [-0.2, 0) is 25.4 Å². The molecule has 2 aromatic carbocycles. The Kier molecular flexibility index (Phi) is 8.06. The number of nitrogens with zero attached hydrogens (tertiary/aromatic N) is 2. The molecule has 0 radical (unpaired) electrons. The number of amides is 1. The summed E-state index contributed by atoms with van der Waals surface area (Å²) in [5.41, 5.74) is -1.85. The van der Waals surface area contributed by atoms with Gasteiger partial charge in [-0.15, -0.1) is 0 Å². The third-order valence-electron chi connectivity index (χ3n) is 6.63. The van der Waals surface area contributed by atoms with E-state index in [1.807, 2.05) is 47.2 Å². The molecule has 3 nitrogen and oxygen atoms in total. The van der Waals surface area contributed by atoms with Gasteiger partial charge in [0.05, 0.1) is 17.7 Å². The van der Waals surface area contributed by atoms with Crippen molar-refractivity contribution in [2.75, 3.05) is 0 Å². The SMILES string of the molecule is O=C(c1cc(C(F)(F)F)cc(C(F)(F)F)c1)N(Cc1cccn1Cc1ccc(Br)cc1)C1CCCCC1. The van der Waals surface area contributed by atoms with Gasteiger partial charge in [0, 0.05) is 34.5 Å². The van der Waals surface area contributed by atoms with Crippen molar-refractivity contribution < 1.29 is 31.1 Å². The van der Waals surface area contributed by atoms with Gasteiger partial charge in [-0.2, -0.15) is 26.3 Å². The van der Waals surface area contributed by atoms with Crippen LogP contribution in [0.4, 0.5) is 26.3 Å². The van der Waals surface area contributed by atoms with Gasteiger partial charge in [0.15, 0.2) is 0 Å². The third kappa shape index (κ3) is 6.77. The molecule has 0 atom stereocenters. The topological polar surface area (TPSA) is 25.2 Å². The van der Waals surface area contributed by atoms with E-state index >= 15 is 0 Å². The van der Waals surface area contributed by atoms with E-state index < -0.39 is 35.0 Å². The van der Waals surface area contributed by atoms with Crippen LogP contribution in [0.1, 0.15) is 64.8 Å². The molecule has 1 saturated carbocycles. The van der Waals surface area contributed by atoms with E-state index in [9.17, 15) is 31.1 Å². The van der Waals surface area contributed by atoms with Gasteiger partial charge >= 0.3 is 12.4 Å². The molecule has 1 aliphatic rings. The molecule has 3 aromatic rings. The highest BCUT2D eigenvalue weighted by Crippen LogP contribution is 2.37. The molecule has 10 heteroatoms. The van der Waals surface area contributed by atoms with Crippen LogP contribution in [-0.4, -0.2) is 21.4 Å². The van der Waals surface area contributed by atoms with Gasteiger partial charge < -0.3 is 9.47 Å². The maximum Gasteiger partial charge on any atom is 0.416 e. The fraction of sp³-hybridized carbons (Fsp3) is 0.370. The number of alkyl halides is 6. The second-order valence-electron chi connectivity index (χ2n) is 9.27. The maximum absolute atomic E-state index is 13.6. The Morgan fingerprint density at radius 3 is 2.05 bits per heavy atom. The molecule has 1 amide bonds. The average Bonchev–Trinajstić information content (AvgIpc) is 3.29. The van der Waals surface area contributed by atoms with Crippen molar-refractivity contribution in [2.24, 2.45) is 0 Å². The number of carbonyl (C=O) groups excluding carboxylic acids is 1. The van der Waals surface area contributed by atoms with E-state index in [2.05, 4.69) is 15.9 Å². The first-order valence-electron chi connectivity index (χ1n) is 11.9. The molecule has 1 fully saturated rings. The van der Waals surface area contributed by atoms with Crippen LogP contribution < -0.4 is 0 Å². The van der Waals surface area contributed by atoms with Crippen molar-refractivity contribution >= 4 is 21.8 Å². The summed E-state index contributed by atoms with van der Waals surface area (Å²) in [5.74, 6) is -0.833. The molecule has 1 aromatic heterocycles. The van der Waals surface area contributed by atoms with Crippen LogP contribution >= 0.6 is 15.9 Å². The van der Waals surface area contributed by atoms with Crippen LogP contribution in [0.5, 0.6) is 0 Å². The van der Waals surface area contributed by atoms with Gasteiger partial charge in [-0.25, -0.2) is 0 Å². The lowest BCUT2D eigenvalue weighted by Crippen LogP contribution is -2.41. The molecule has 0 unspecified atom stereocenters. The average molecular weight is 587 g/mol. The fourth-order valence-corrected chi connectivity index (χ4v) is 4.98. The van der Waals surface area contributed by atoms with Crippen LogP contribution in [0, 0.1) is 0 Å². The number of carbonyl (C=O) groups is 1. The number of aromatic nitrogens is 1.